The summed E-state index contributed by atoms with van der Waals surface area (Å²) in [5, 5.41) is 3.04. The van der Waals surface area contributed by atoms with Crippen LogP contribution in [0.4, 0.5) is 5.69 Å². The number of anilines is 1. The fraction of sp³-hybridized carbons (Fsp3) is 0.579. The molecule has 1 amide bonds. The predicted octanol–water partition coefficient (Wildman–Crippen LogP) is 1.70. The van der Waals surface area contributed by atoms with E-state index in [9.17, 15) is 9.59 Å². The molecule has 154 valence electrons. The second-order valence-corrected chi connectivity index (χ2v) is 7.45. The molecule has 0 aromatic heterocycles. The molecule has 3 rings (SSSR count). The summed E-state index contributed by atoms with van der Waals surface area (Å²) in [6.45, 7) is 5.88. The highest BCUT2D eigenvalue weighted by molar-refractivity contribution is 6.34. The highest BCUT2D eigenvalue weighted by Gasteiger charge is 2.27. The molecule has 0 spiro atoms. The van der Waals surface area contributed by atoms with Crippen LogP contribution >= 0.6 is 11.6 Å². The van der Waals surface area contributed by atoms with Gasteiger partial charge in [0.15, 0.2) is 11.5 Å². The Hall–Kier alpha value is -2.19. The quantitative estimate of drug-likeness (QED) is 0.542. The van der Waals surface area contributed by atoms with E-state index in [2.05, 4.69) is 10.2 Å². The Kier molecular flexibility index (Phi) is 6.85. The molecule has 0 atom stereocenters. The Labute approximate surface area is 169 Å². The van der Waals surface area contributed by atoms with Crippen molar-refractivity contribution in [3.63, 3.8) is 0 Å². The zero-order valence-corrected chi connectivity index (χ0v) is 16.7. The zero-order chi connectivity index (χ0) is 20.1. The predicted molar refractivity (Wildman–Crippen MR) is 105 cm³/mol. The van der Waals surface area contributed by atoms with Gasteiger partial charge in [0.1, 0.15) is 18.8 Å². The first-order valence-corrected chi connectivity index (χ1v) is 9.85. The molecule has 1 aromatic carbocycles. The molecule has 1 saturated heterocycles. The lowest BCUT2D eigenvalue weighted by Gasteiger charge is -2.31. The Balaban J connectivity index is 1.50. The maximum absolute atomic E-state index is 12.6. The summed E-state index contributed by atoms with van der Waals surface area (Å²) in [4.78, 5) is 25.8. The van der Waals surface area contributed by atoms with Crippen molar-refractivity contribution in [2.75, 3.05) is 51.7 Å². The molecule has 8 nitrogen and oxygen atoms in total. The van der Waals surface area contributed by atoms with Gasteiger partial charge in [-0.3, -0.25) is 4.79 Å². The molecule has 1 aromatic rings. The lowest BCUT2D eigenvalue weighted by Crippen LogP contribution is -2.40. The number of hydrogen-bond donors (Lipinski definition) is 2. The van der Waals surface area contributed by atoms with E-state index in [4.69, 9.17) is 31.5 Å². The number of likely N-dealkylation sites (tertiary alicyclic amines) is 1. The first kappa shape index (κ1) is 20.5. The van der Waals surface area contributed by atoms with Gasteiger partial charge in [-0.1, -0.05) is 11.6 Å². The molecular weight excluding hydrogens is 386 g/mol. The van der Waals surface area contributed by atoms with Gasteiger partial charge in [-0.05, 0) is 37.9 Å². The van der Waals surface area contributed by atoms with Crippen molar-refractivity contribution in [2.24, 2.45) is 5.92 Å². The van der Waals surface area contributed by atoms with Crippen molar-refractivity contribution in [1.29, 1.82) is 0 Å². The SMILES string of the molecule is CC(=O)NCCN1CCC(COC(=O)c2cc(Cl)c(N)c3c2OCCO3)CC1. The van der Waals surface area contributed by atoms with Crippen molar-refractivity contribution in [1.82, 2.24) is 10.2 Å². The monoisotopic (exact) mass is 411 g/mol. The van der Waals surface area contributed by atoms with Crippen molar-refractivity contribution in [3.8, 4) is 11.5 Å². The van der Waals surface area contributed by atoms with E-state index in [-0.39, 0.29) is 22.2 Å². The summed E-state index contributed by atoms with van der Waals surface area (Å²) in [6, 6.07) is 1.47. The van der Waals surface area contributed by atoms with Crippen molar-refractivity contribution in [3.05, 3.63) is 16.7 Å². The fourth-order valence-electron chi connectivity index (χ4n) is 3.39. The minimum absolute atomic E-state index is 0.0128. The summed E-state index contributed by atoms with van der Waals surface area (Å²) in [5.41, 5.74) is 6.41. The number of ether oxygens (including phenoxy) is 3. The summed E-state index contributed by atoms with van der Waals surface area (Å²) >= 11 is 6.12. The number of piperidine rings is 1. The van der Waals surface area contributed by atoms with E-state index >= 15 is 0 Å². The topological polar surface area (TPSA) is 103 Å². The maximum atomic E-state index is 12.6. The summed E-state index contributed by atoms with van der Waals surface area (Å²) in [7, 11) is 0. The Morgan fingerprint density at radius 1 is 1.29 bits per heavy atom. The number of esters is 1. The van der Waals surface area contributed by atoms with Gasteiger partial charge in [0.25, 0.3) is 0 Å². The number of rotatable bonds is 6. The molecule has 1 fully saturated rings. The number of nitrogen functional groups attached to an aromatic ring is 1. The number of carbonyl (C=O) groups is 2. The van der Waals surface area contributed by atoms with Crippen LogP contribution in [0.15, 0.2) is 6.07 Å². The molecule has 0 unspecified atom stereocenters. The lowest BCUT2D eigenvalue weighted by atomic mass is 9.98. The van der Waals surface area contributed by atoms with E-state index in [0.29, 0.717) is 43.8 Å². The molecule has 9 heteroatoms. The smallest absolute Gasteiger partial charge is 0.342 e. The first-order valence-electron chi connectivity index (χ1n) is 9.47. The third kappa shape index (κ3) is 4.99. The van der Waals surface area contributed by atoms with Gasteiger partial charge in [-0.15, -0.1) is 0 Å². The fourth-order valence-corrected chi connectivity index (χ4v) is 3.58. The van der Waals surface area contributed by atoms with Gasteiger partial charge in [-0.25, -0.2) is 4.79 Å². The van der Waals surface area contributed by atoms with Crippen LogP contribution in [0.3, 0.4) is 0 Å². The average molecular weight is 412 g/mol. The number of carbonyl (C=O) groups excluding carboxylic acids is 2. The third-order valence-corrected chi connectivity index (χ3v) is 5.29. The van der Waals surface area contributed by atoms with E-state index in [1.54, 1.807) is 0 Å². The number of nitrogens with zero attached hydrogens (tertiary/aromatic N) is 1. The van der Waals surface area contributed by atoms with Crippen molar-refractivity contribution in [2.45, 2.75) is 19.8 Å². The van der Waals surface area contributed by atoms with Crippen LogP contribution in [-0.2, 0) is 9.53 Å². The summed E-state index contributed by atoms with van der Waals surface area (Å²) in [6.07, 6.45) is 1.88. The molecule has 3 N–H and O–H groups in total. The van der Waals surface area contributed by atoms with E-state index < -0.39 is 5.97 Å². The standard InChI is InChI=1S/C19H26ClN3O5/c1-12(24)22-4-7-23-5-2-13(3-6-23)11-28-19(25)14-10-15(20)16(21)18-17(14)26-8-9-27-18/h10,13H,2-9,11,21H2,1H3,(H,22,24). The number of halogens is 1. The average Bonchev–Trinajstić information content (AvgIpc) is 2.69. The molecule has 2 aliphatic heterocycles. The second kappa shape index (κ2) is 9.34. The minimum atomic E-state index is -0.489. The highest BCUT2D eigenvalue weighted by Crippen LogP contribution is 2.43. The molecule has 0 bridgehead atoms. The molecule has 0 saturated carbocycles. The zero-order valence-electron chi connectivity index (χ0n) is 16.0. The summed E-state index contributed by atoms with van der Waals surface area (Å²) < 4.78 is 16.6. The normalized spacial score (nSPS) is 17.2. The number of nitrogens with two attached hydrogens (primary N) is 1. The van der Waals surface area contributed by atoms with Gasteiger partial charge in [-0.2, -0.15) is 0 Å². The van der Waals surface area contributed by atoms with Gasteiger partial charge >= 0.3 is 5.97 Å². The van der Waals surface area contributed by atoms with Crippen LogP contribution in [-0.4, -0.2) is 62.8 Å². The highest BCUT2D eigenvalue weighted by atomic mass is 35.5. The first-order chi connectivity index (χ1) is 13.5. The number of amides is 1. The van der Waals surface area contributed by atoms with E-state index in [1.807, 2.05) is 0 Å². The number of fused-ring (bicyclic) bond motifs is 1. The largest absolute Gasteiger partial charge is 0.485 e. The Morgan fingerprint density at radius 3 is 2.64 bits per heavy atom. The Bertz CT molecular complexity index is 735. The van der Waals surface area contributed by atoms with Crippen molar-refractivity contribution >= 4 is 29.2 Å². The third-order valence-electron chi connectivity index (χ3n) is 4.98. The lowest BCUT2D eigenvalue weighted by molar-refractivity contribution is -0.119. The van der Waals surface area contributed by atoms with E-state index in [0.717, 1.165) is 32.5 Å². The van der Waals surface area contributed by atoms with Crippen LogP contribution in [0.1, 0.15) is 30.1 Å². The van der Waals surface area contributed by atoms with E-state index in [1.165, 1.54) is 13.0 Å². The van der Waals surface area contributed by atoms with Crippen LogP contribution in [0.2, 0.25) is 5.02 Å². The van der Waals surface area contributed by atoms with Gasteiger partial charge in [0.05, 0.1) is 17.3 Å². The van der Waals surface area contributed by atoms with Crippen molar-refractivity contribution < 1.29 is 23.8 Å². The molecule has 28 heavy (non-hydrogen) atoms. The minimum Gasteiger partial charge on any atom is -0.485 e. The molecule has 2 aliphatic rings. The molecular formula is C19H26ClN3O5. The number of nitrogens with one attached hydrogen (secondary N) is 1. The van der Waals surface area contributed by atoms with Crippen LogP contribution in [0.5, 0.6) is 11.5 Å². The van der Waals surface area contributed by atoms with Crippen LogP contribution in [0.25, 0.3) is 0 Å². The molecule has 0 radical (unpaired) electrons. The van der Waals surface area contributed by atoms with Crippen LogP contribution < -0.4 is 20.5 Å². The number of hydrogen-bond acceptors (Lipinski definition) is 7. The number of benzene rings is 1. The van der Waals surface area contributed by atoms with Gasteiger partial charge in [0.2, 0.25) is 5.91 Å². The second-order valence-electron chi connectivity index (χ2n) is 7.04. The maximum Gasteiger partial charge on any atom is 0.342 e. The van der Waals surface area contributed by atoms with Gasteiger partial charge < -0.3 is 30.2 Å². The molecule has 2 heterocycles. The van der Waals surface area contributed by atoms with Gasteiger partial charge in [0, 0.05) is 20.0 Å². The summed E-state index contributed by atoms with van der Waals surface area (Å²) in [5.74, 6) is 0.403. The Morgan fingerprint density at radius 2 is 1.96 bits per heavy atom. The molecule has 0 aliphatic carbocycles. The van der Waals surface area contributed by atoms with Crippen LogP contribution in [0, 0.1) is 5.92 Å².